The summed E-state index contributed by atoms with van der Waals surface area (Å²) in [5.41, 5.74) is 0.348. The van der Waals surface area contributed by atoms with E-state index in [1.54, 1.807) is 24.3 Å². The average molecular weight is 313 g/mol. The van der Waals surface area contributed by atoms with Crippen molar-refractivity contribution in [1.29, 1.82) is 0 Å². The van der Waals surface area contributed by atoms with Gasteiger partial charge in [-0.05, 0) is 39.5 Å². The van der Waals surface area contributed by atoms with Gasteiger partial charge in [-0.2, -0.15) is 0 Å². The van der Waals surface area contributed by atoms with Crippen molar-refractivity contribution >= 4 is 33.2 Å². The van der Waals surface area contributed by atoms with Gasteiger partial charge >= 0.3 is 5.97 Å². The molecule has 0 bridgehead atoms. The molecule has 5 heteroatoms. The summed E-state index contributed by atoms with van der Waals surface area (Å²) in [6.07, 6.45) is 0. The van der Waals surface area contributed by atoms with Crippen molar-refractivity contribution < 1.29 is 14.3 Å². The molecule has 0 spiro atoms. The van der Waals surface area contributed by atoms with E-state index in [1.165, 1.54) is 11.3 Å². The molecule has 0 aliphatic rings. The zero-order chi connectivity index (χ0) is 12.1. The maximum Gasteiger partial charge on any atom is 0.353 e. The highest BCUT2D eigenvalue weighted by atomic mass is 79.9. The Bertz CT molecular complexity index is 496. The first-order chi connectivity index (χ1) is 8.31. The Morgan fingerprint density at radius 3 is 2.59 bits per heavy atom. The fraction of sp³-hybridized carbons (Fsp3) is 0.0833. The van der Waals surface area contributed by atoms with Gasteiger partial charge in [0.05, 0.1) is 0 Å². The largest absolute Gasteiger partial charge is 0.479 e. The Balaban J connectivity index is 2.15. The van der Waals surface area contributed by atoms with Crippen LogP contribution in [0.3, 0.4) is 0 Å². The van der Waals surface area contributed by atoms with Gasteiger partial charge < -0.3 is 9.47 Å². The molecule has 0 amide bonds. The number of hydrogen-bond acceptors (Lipinski definition) is 4. The second kappa shape index (κ2) is 5.84. The van der Waals surface area contributed by atoms with E-state index in [0.717, 1.165) is 0 Å². The van der Waals surface area contributed by atoms with Crippen LogP contribution in [0.15, 0.2) is 41.8 Å². The van der Waals surface area contributed by atoms with Gasteiger partial charge in [-0.25, -0.2) is 4.79 Å². The monoisotopic (exact) mass is 312 g/mol. The molecule has 0 radical (unpaired) electrons. The second-order valence-electron chi connectivity index (χ2n) is 3.07. The van der Waals surface area contributed by atoms with Crippen LogP contribution in [0.1, 0.15) is 9.67 Å². The van der Waals surface area contributed by atoms with Crippen LogP contribution in [-0.2, 0) is 0 Å². The van der Waals surface area contributed by atoms with Crippen molar-refractivity contribution in [3.63, 3.8) is 0 Å². The van der Waals surface area contributed by atoms with Gasteiger partial charge in [0.25, 0.3) is 0 Å². The number of para-hydroxylation sites is 2. The highest BCUT2D eigenvalue weighted by Gasteiger charge is 2.12. The van der Waals surface area contributed by atoms with Gasteiger partial charge in [-0.3, -0.25) is 0 Å². The molecule has 0 saturated carbocycles. The minimum atomic E-state index is -0.370. The van der Waals surface area contributed by atoms with Gasteiger partial charge in [0.15, 0.2) is 11.5 Å². The molecule has 1 aromatic carbocycles. The van der Waals surface area contributed by atoms with E-state index in [9.17, 15) is 4.79 Å². The lowest BCUT2D eigenvalue weighted by molar-refractivity contribution is 0.0734. The summed E-state index contributed by atoms with van der Waals surface area (Å²) in [4.78, 5) is 12.3. The SMILES string of the molecule is O=C(Oc1ccccc1OCBr)c1cccs1. The van der Waals surface area contributed by atoms with Gasteiger partial charge in [0.1, 0.15) is 10.4 Å². The third-order valence-corrected chi connectivity index (χ3v) is 3.06. The van der Waals surface area contributed by atoms with Gasteiger partial charge in [-0.15, -0.1) is 11.3 Å². The van der Waals surface area contributed by atoms with Crippen LogP contribution in [0.5, 0.6) is 11.5 Å². The Kier molecular flexibility index (Phi) is 4.17. The minimum absolute atomic E-state index is 0.348. The number of thiophene rings is 1. The highest BCUT2D eigenvalue weighted by Crippen LogP contribution is 2.28. The van der Waals surface area contributed by atoms with Crippen LogP contribution < -0.4 is 9.47 Å². The molecular formula is C12H9BrO3S. The number of ether oxygens (including phenoxy) is 2. The molecule has 0 atom stereocenters. The number of alkyl halides is 1. The van der Waals surface area contributed by atoms with Crippen LogP contribution in [0.25, 0.3) is 0 Å². The highest BCUT2D eigenvalue weighted by molar-refractivity contribution is 9.09. The Morgan fingerprint density at radius 1 is 1.18 bits per heavy atom. The summed E-state index contributed by atoms with van der Waals surface area (Å²) in [6.45, 7) is 0. The number of rotatable bonds is 4. The predicted octanol–water partition coefficient (Wildman–Crippen LogP) is 3.70. The van der Waals surface area contributed by atoms with E-state index in [0.29, 0.717) is 21.9 Å². The molecule has 0 saturated heterocycles. The third-order valence-electron chi connectivity index (χ3n) is 1.98. The van der Waals surface area contributed by atoms with Gasteiger partial charge in [0, 0.05) is 0 Å². The van der Waals surface area contributed by atoms with Crippen molar-refractivity contribution in [2.45, 2.75) is 0 Å². The molecule has 0 aliphatic heterocycles. The third kappa shape index (κ3) is 3.08. The number of halogens is 1. The summed E-state index contributed by atoms with van der Waals surface area (Å²) in [5.74, 6) is 0.588. The molecule has 0 aliphatic carbocycles. The molecule has 0 fully saturated rings. The normalized spacial score (nSPS) is 9.94. The van der Waals surface area contributed by atoms with E-state index in [4.69, 9.17) is 9.47 Å². The summed E-state index contributed by atoms with van der Waals surface area (Å²) in [7, 11) is 0. The quantitative estimate of drug-likeness (QED) is 0.490. The summed E-state index contributed by atoms with van der Waals surface area (Å²) >= 11 is 4.51. The van der Waals surface area contributed by atoms with E-state index >= 15 is 0 Å². The van der Waals surface area contributed by atoms with Crippen LogP contribution >= 0.6 is 27.3 Å². The first-order valence-electron chi connectivity index (χ1n) is 4.84. The zero-order valence-corrected chi connectivity index (χ0v) is 11.2. The molecule has 88 valence electrons. The lowest BCUT2D eigenvalue weighted by Crippen LogP contribution is -2.07. The number of carbonyl (C=O) groups excluding carboxylic acids is 1. The molecule has 0 N–H and O–H groups in total. The van der Waals surface area contributed by atoms with Crippen molar-refractivity contribution in [2.24, 2.45) is 0 Å². The summed E-state index contributed by atoms with van der Waals surface area (Å²) < 4.78 is 10.6. The van der Waals surface area contributed by atoms with E-state index < -0.39 is 0 Å². The lowest BCUT2D eigenvalue weighted by atomic mass is 10.3. The minimum Gasteiger partial charge on any atom is -0.479 e. The maximum atomic E-state index is 11.8. The molecule has 1 heterocycles. The Hall–Kier alpha value is -1.33. The Labute approximate surface area is 111 Å². The smallest absolute Gasteiger partial charge is 0.353 e. The van der Waals surface area contributed by atoms with Crippen molar-refractivity contribution in [3.8, 4) is 11.5 Å². The maximum absolute atomic E-state index is 11.8. The Morgan fingerprint density at radius 2 is 1.94 bits per heavy atom. The van der Waals surface area contributed by atoms with Crippen molar-refractivity contribution in [1.82, 2.24) is 0 Å². The van der Waals surface area contributed by atoms with Crippen LogP contribution in [0.4, 0.5) is 0 Å². The van der Waals surface area contributed by atoms with Crippen LogP contribution in [-0.4, -0.2) is 11.5 Å². The van der Waals surface area contributed by atoms with Gasteiger partial charge in [0.2, 0.25) is 0 Å². The van der Waals surface area contributed by atoms with Crippen molar-refractivity contribution in [3.05, 3.63) is 46.7 Å². The molecule has 1 aromatic heterocycles. The van der Waals surface area contributed by atoms with Crippen LogP contribution in [0, 0.1) is 0 Å². The van der Waals surface area contributed by atoms with Crippen molar-refractivity contribution in [2.75, 3.05) is 5.52 Å². The standard InChI is InChI=1S/C12H9BrO3S/c13-8-15-9-4-1-2-5-10(9)16-12(14)11-6-3-7-17-11/h1-7H,8H2. The summed E-state index contributed by atoms with van der Waals surface area (Å²) in [5, 5.41) is 1.83. The average Bonchev–Trinajstić information content (AvgIpc) is 2.85. The van der Waals surface area contributed by atoms with Gasteiger partial charge in [-0.1, -0.05) is 18.2 Å². The molecular weight excluding hydrogens is 304 g/mol. The first kappa shape index (κ1) is 12.1. The number of hydrogen-bond donors (Lipinski definition) is 0. The molecule has 17 heavy (non-hydrogen) atoms. The molecule has 2 rings (SSSR count). The molecule has 2 aromatic rings. The number of carbonyl (C=O) groups is 1. The lowest BCUT2D eigenvalue weighted by Gasteiger charge is -2.08. The van der Waals surface area contributed by atoms with E-state index in [-0.39, 0.29) is 5.97 Å². The predicted molar refractivity (Wildman–Crippen MR) is 70.1 cm³/mol. The fourth-order valence-electron chi connectivity index (χ4n) is 1.26. The number of esters is 1. The molecule has 0 unspecified atom stereocenters. The second-order valence-corrected chi connectivity index (χ2v) is 4.47. The zero-order valence-electron chi connectivity index (χ0n) is 8.76. The fourth-order valence-corrected chi connectivity index (χ4v) is 2.10. The van der Waals surface area contributed by atoms with E-state index in [2.05, 4.69) is 15.9 Å². The topological polar surface area (TPSA) is 35.5 Å². The van der Waals surface area contributed by atoms with E-state index in [1.807, 2.05) is 17.5 Å². The first-order valence-corrected chi connectivity index (χ1v) is 6.85. The summed E-state index contributed by atoms with van der Waals surface area (Å²) in [6, 6.07) is 10.6. The number of benzene rings is 1. The van der Waals surface area contributed by atoms with Crippen LogP contribution in [0.2, 0.25) is 0 Å². The molecule has 3 nitrogen and oxygen atoms in total.